The van der Waals surface area contributed by atoms with Gasteiger partial charge in [-0.15, -0.1) is 0 Å². The first kappa shape index (κ1) is 86.8. The zero-order valence-corrected chi connectivity index (χ0v) is 73.0. The maximum atomic E-state index is 6.28. The maximum Gasteiger partial charge on any atom is 0.0723 e. The van der Waals surface area contributed by atoms with Gasteiger partial charge in [-0.2, -0.15) is 0 Å². The van der Waals surface area contributed by atoms with E-state index in [9.17, 15) is 0 Å². The Labute approximate surface area is 694 Å². The molecular formula is C108H138O7. The van der Waals surface area contributed by atoms with Crippen molar-refractivity contribution in [1.29, 1.82) is 0 Å². The van der Waals surface area contributed by atoms with Gasteiger partial charge in [-0.25, -0.2) is 0 Å². The van der Waals surface area contributed by atoms with Crippen LogP contribution in [0.3, 0.4) is 0 Å². The Bertz CT molecular complexity index is 4500. The molecule has 115 heavy (non-hydrogen) atoms. The Morgan fingerprint density at radius 2 is 0.652 bits per heavy atom. The molecule has 2 saturated carbocycles. The summed E-state index contributed by atoms with van der Waals surface area (Å²) in [6.07, 6.45) is 25.1. The molecule has 0 amide bonds. The highest BCUT2D eigenvalue weighted by molar-refractivity contribution is 5.80. The minimum atomic E-state index is 0.282. The number of hydrogen-bond donors (Lipinski definition) is 0. The number of ether oxygens (including phenoxy) is 7. The van der Waals surface area contributed by atoms with Crippen LogP contribution in [0.4, 0.5) is 0 Å². The van der Waals surface area contributed by atoms with Crippen LogP contribution in [0.15, 0.2) is 212 Å². The van der Waals surface area contributed by atoms with Crippen LogP contribution in [0, 0.1) is 41.4 Å². The van der Waals surface area contributed by atoms with E-state index in [0.29, 0.717) is 78.8 Å². The van der Waals surface area contributed by atoms with Crippen molar-refractivity contribution in [2.24, 2.45) is 41.4 Å². The van der Waals surface area contributed by atoms with Crippen molar-refractivity contribution in [3.8, 4) is 33.4 Å². The van der Waals surface area contributed by atoms with Crippen LogP contribution in [-0.4, -0.2) is 67.1 Å². The summed E-state index contributed by atoms with van der Waals surface area (Å²) in [5, 5.41) is 0. The predicted molar refractivity (Wildman–Crippen MR) is 479 cm³/mol. The van der Waals surface area contributed by atoms with Crippen molar-refractivity contribution in [1.82, 2.24) is 0 Å². The summed E-state index contributed by atoms with van der Waals surface area (Å²) < 4.78 is 41.7. The number of benzene rings is 9. The number of fused-ring (bicyclic) bond motifs is 17. The van der Waals surface area contributed by atoms with E-state index in [1.807, 2.05) is 0 Å². The number of allylic oxidation sites excluding steroid dienone is 2. The van der Waals surface area contributed by atoms with Crippen LogP contribution >= 0.6 is 0 Å². The molecule has 9 aromatic rings. The summed E-state index contributed by atoms with van der Waals surface area (Å²) in [7, 11) is 0. The Kier molecular flexibility index (Phi) is 31.5. The molecule has 2 fully saturated rings. The van der Waals surface area contributed by atoms with Gasteiger partial charge in [0.15, 0.2) is 0 Å². The summed E-state index contributed by atoms with van der Waals surface area (Å²) >= 11 is 0. The largest absolute Gasteiger partial charge is 0.375 e. The zero-order valence-electron chi connectivity index (χ0n) is 73.0. The molecule has 0 aliphatic heterocycles. The van der Waals surface area contributed by atoms with Crippen LogP contribution < -0.4 is 0 Å². The Morgan fingerprint density at radius 3 is 1.03 bits per heavy atom. The molecule has 7 heteroatoms. The van der Waals surface area contributed by atoms with Crippen molar-refractivity contribution >= 4 is 0 Å². The van der Waals surface area contributed by atoms with Gasteiger partial charge in [0.2, 0.25) is 0 Å². The van der Waals surface area contributed by atoms with Crippen LogP contribution in [-0.2, 0) is 111 Å². The van der Waals surface area contributed by atoms with Gasteiger partial charge < -0.3 is 33.2 Å². The van der Waals surface area contributed by atoms with Crippen LogP contribution in [0.2, 0.25) is 0 Å². The minimum Gasteiger partial charge on any atom is -0.375 e. The summed E-state index contributed by atoms with van der Waals surface area (Å²) in [6.45, 7) is 39.1. The Balaban J connectivity index is 0.000000124. The van der Waals surface area contributed by atoms with Gasteiger partial charge in [-0.1, -0.05) is 268 Å². The van der Waals surface area contributed by atoms with E-state index in [1.54, 1.807) is 0 Å². The van der Waals surface area contributed by atoms with Gasteiger partial charge in [0.05, 0.1) is 87.0 Å². The second kappa shape index (κ2) is 41.7. The van der Waals surface area contributed by atoms with Crippen molar-refractivity contribution in [2.45, 2.75) is 295 Å². The van der Waals surface area contributed by atoms with Crippen molar-refractivity contribution < 1.29 is 33.2 Å². The van der Waals surface area contributed by atoms with Crippen molar-refractivity contribution in [3.05, 3.63) is 296 Å². The van der Waals surface area contributed by atoms with Crippen molar-refractivity contribution in [2.75, 3.05) is 0 Å². The molecule has 9 aliphatic rings. The zero-order chi connectivity index (χ0) is 81.2. The minimum absolute atomic E-state index is 0.282. The average Bonchev–Trinajstić information content (AvgIpc) is 1.60. The third-order valence-corrected chi connectivity index (χ3v) is 26.1. The standard InChI is InChI=1S/C19H22O.C18H20O.C17H18O.C15H24O.C14H20O.C13H18O.C12H16O/c1-13(2)14(3)20-12-16-8-6-10-18-17-9-5-4-7-15(17)11-19(16)18;1-3-13(2)19-12-15-8-6-10-17-16-9-5-4-7-14(16)11-18(15)17;1-12(2)18-11-14-7-5-9-16-15-8-4-3-6-13(15)10-17(14)16;1-9(2)10(3)16-15-8-11-7-14(15)13-6-4-5-12(11)13;1-10(2)11(3)15-14-8-12-6-4-5-7-13(12)9-14;1-3-10(2)14-13-8-11-6-4-5-7-12(11)9-13;1-9(2)13-12-7-10-5-3-4-6-11(10)8-12/h4-10,13-14H,11-12H2,1-3H3;4-10,13H,3,11-12H2,1-2H3;3-9,12H,10-11H2,1-2H3;4,6,9-15H,5,7-8H2,1-3H3;4-7,10-11,14H,8-9H2,1-3H3;4-7,10,13H,3,8-9H2,1-2H3;3-6,9,12H,7-8H2,1-2H3/t14-;13-;;10-,11?,12?,13?,14?,15?;11-;10-;/m11.111./s1. The summed E-state index contributed by atoms with van der Waals surface area (Å²) in [4.78, 5) is 0. The quantitative estimate of drug-likeness (QED) is 0.0627. The Hall–Kier alpha value is -7.56. The second-order valence-corrected chi connectivity index (χ2v) is 35.9. The summed E-state index contributed by atoms with van der Waals surface area (Å²) in [6, 6.07) is 71.8. The van der Waals surface area contributed by atoms with Gasteiger partial charge in [0.1, 0.15) is 0 Å². The summed E-state index contributed by atoms with van der Waals surface area (Å²) in [5.41, 5.74) is 29.8. The van der Waals surface area contributed by atoms with Crippen LogP contribution in [0.5, 0.6) is 0 Å². The molecule has 0 aromatic heterocycles. The van der Waals surface area contributed by atoms with E-state index in [0.717, 1.165) is 114 Å². The number of rotatable bonds is 22. The third kappa shape index (κ3) is 22.8. The molecule has 10 atom stereocenters. The first-order valence-corrected chi connectivity index (χ1v) is 44.5. The van der Waals surface area contributed by atoms with E-state index in [1.165, 1.54) is 136 Å². The molecule has 0 radical (unpaired) electrons. The molecule has 9 aliphatic carbocycles. The molecule has 0 spiro atoms. The van der Waals surface area contributed by atoms with Gasteiger partial charge in [0.25, 0.3) is 0 Å². The van der Waals surface area contributed by atoms with Crippen LogP contribution in [0.25, 0.3) is 33.4 Å². The molecule has 2 bridgehead atoms. The fourth-order valence-electron chi connectivity index (χ4n) is 18.3. The molecule has 18 rings (SSSR count). The lowest BCUT2D eigenvalue weighted by molar-refractivity contribution is -0.0631. The monoisotopic (exact) mass is 1550 g/mol. The van der Waals surface area contributed by atoms with Crippen LogP contribution in [0.1, 0.15) is 233 Å². The molecular weight excluding hydrogens is 1410 g/mol. The van der Waals surface area contributed by atoms with Gasteiger partial charge in [-0.05, 0) is 310 Å². The summed E-state index contributed by atoms with van der Waals surface area (Å²) in [5.74, 6) is 5.47. The molecule has 0 N–H and O–H groups in total. The van der Waals surface area contributed by atoms with E-state index in [-0.39, 0.29) is 6.10 Å². The normalized spacial score (nSPS) is 19.7. The van der Waals surface area contributed by atoms with E-state index < -0.39 is 0 Å². The maximum absolute atomic E-state index is 6.28. The molecule has 612 valence electrons. The lowest BCUT2D eigenvalue weighted by atomic mass is 9.80. The molecule has 0 saturated heterocycles. The van der Waals surface area contributed by atoms with E-state index in [4.69, 9.17) is 33.2 Å². The van der Waals surface area contributed by atoms with Crippen molar-refractivity contribution in [3.63, 3.8) is 0 Å². The smallest absolute Gasteiger partial charge is 0.0723 e. The molecule has 0 heterocycles. The topological polar surface area (TPSA) is 64.6 Å². The lowest BCUT2D eigenvalue weighted by Gasteiger charge is -2.33. The van der Waals surface area contributed by atoms with Gasteiger partial charge in [-0.3, -0.25) is 0 Å². The van der Waals surface area contributed by atoms with E-state index >= 15 is 0 Å². The molecule has 5 unspecified atom stereocenters. The number of hydrogen-bond acceptors (Lipinski definition) is 7. The van der Waals surface area contributed by atoms with Gasteiger partial charge >= 0.3 is 0 Å². The third-order valence-electron chi connectivity index (χ3n) is 26.1. The first-order chi connectivity index (χ1) is 55.6. The second-order valence-electron chi connectivity index (χ2n) is 35.9. The highest BCUT2D eigenvalue weighted by Gasteiger charge is 2.53. The highest BCUT2D eigenvalue weighted by atomic mass is 16.5. The Morgan fingerprint density at radius 1 is 0.304 bits per heavy atom. The SMILES string of the molecule is CC(C)OC1Cc2ccccc2C1.CC(C)OCc1cccc2c1Cc1ccccc1-2.CC(C)[C@@H](C)OC1CC2CC1C1C=CCC21.CC(C)[C@@H](C)OC1Cc2ccccc2C1.CC(C)[C@@H](C)OCc1cccc2c1Cc1ccccc1-2.CC[C@@H](C)OC1Cc2ccccc2C1.CC[C@@H](C)OCc1cccc2c1Cc1ccccc1-2. The highest BCUT2D eigenvalue weighted by Crippen LogP contribution is 2.57. The average molecular weight is 1550 g/mol. The lowest BCUT2D eigenvalue weighted by Crippen LogP contribution is -2.34. The molecule has 9 aromatic carbocycles. The first-order valence-electron chi connectivity index (χ1n) is 44.5. The fraction of sp³-hybridized carbons (Fsp3) is 0.481. The van der Waals surface area contributed by atoms with E-state index in [2.05, 4.69) is 330 Å². The fourth-order valence-corrected chi connectivity index (χ4v) is 18.3. The molecule has 7 nitrogen and oxygen atoms in total. The van der Waals surface area contributed by atoms with Gasteiger partial charge in [0, 0.05) is 0 Å². The predicted octanol–water partition coefficient (Wildman–Crippen LogP) is 26.0.